The van der Waals surface area contributed by atoms with Gasteiger partial charge >= 0.3 is 0 Å². The Morgan fingerprint density at radius 1 is 1.29 bits per heavy atom. The summed E-state index contributed by atoms with van der Waals surface area (Å²) in [5.41, 5.74) is 8.04. The van der Waals surface area contributed by atoms with Crippen molar-refractivity contribution in [1.82, 2.24) is 30.0 Å². The van der Waals surface area contributed by atoms with E-state index in [4.69, 9.17) is 17.3 Å². The number of nitrogens with zero attached hydrogens (tertiary/aromatic N) is 5. The molecule has 0 aromatic carbocycles. The SMILES string of the molecule is Cc1nc(N)c(CCC2CCN(C(=O)C(C)NC(=O)c3cnn(C)c3C)CC2)c(Cl)n1. The number of amides is 2. The number of aromatic nitrogens is 4. The smallest absolute Gasteiger partial charge is 0.255 e. The molecule has 0 saturated carbocycles. The average Bonchev–Trinajstić information content (AvgIpc) is 3.05. The van der Waals surface area contributed by atoms with Crippen LogP contribution in [0.1, 0.15) is 53.6 Å². The molecule has 1 unspecified atom stereocenters. The van der Waals surface area contributed by atoms with Crippen molar-refractivity contribution in [2.24, 2.45) is 13.0 Å². The lowest BCUT2D eigenvalue weighted by Crippen LogP contribution is -2.49. The summed E-state index contributed by atoms with van der Waals surface area (Å²) in [4.78, 5) is 35.5. The van der Waals surface area contributed by atoms with Gasteiger partial charge in [0.05, 0.1) is 11.8 Å². The number of nitrogens with one attached hydrogen (secondary N) is 1. The Balaban J connectivity index is 1.48. The second kappa shape index (κ2) is 9.64. The van der Waals surface area contributed by atoms with Crippen molar-refractivity contribution in [2.45, 2.75) is 52.5 Å². The number of carbonyl (C=O) groups excluding carboxylic acids is 2. The van der Waals surface area contributed by atoms with Gasteiger partial charge in [0.15, 0.2) is 0 Å². The first kappa shape index (κ1) is 23.0. The molecule has 2 aromatic heterocycles. The summed E-state index contributed by atoms with van der Waals surface area (Å²) in [6.45, 7) is 6.65. The standard InChI is InChI=1S/C21H30ClN7O2/c1-12(25-20(30)17-11-24-28(4)13(17)2)21(31)29-9-7-15(8-10-29)5-6-16-18(22)26-14(3)27-19(16)23/h11-12,15H,5-10H2,1-4H3,(H,25,30)(H2,23,26,27). The molecule has 3 heterocycles. The first-order chi connectivity index (χ1) is 14.7. The maximum absolute atomic E-state index is 12.8. The van der Waals surface area contributed by atoms with Crippen molar-refractivity contribution >= 4 is 29.2 Å². The van der Waals surface area contributed by atoms with E-state index in [1.807, 2.05) is 11.8 Å². The van der Waals surface area contributed by atoms with Gasteiger partial charge in [-0.2, -0.15) is 5.10 Å². The molecule has 0 spiro atoms. The normalized spacial score (nSPS) is 15.7. The van der Waals surface area contributed by atoms with Gasteiger partial charge in [-0.15, -0.1) is 0 Å². The molecule has 1 aliphatic rings. The maximum atomic E-state index is 12.8. The van der Waals surface area contributed by atoms with Gasteiger partial charge in [0.2, 0.25) is 5.91 Å². The lowest BCUT2D eigenvalue weighted by Gasteiger charge is -2.33. The minimum absolute atomic E-state index is 0.0624. The van der Waals surface area contributed by atoms with Gasteiger partial charge in [-0.1, -0.05) is 11.6 Å². The lowest BCUT2D eigenvalue weighted by atomic mass is 9.90. The second-order valence-corrected chi connectivity index (χ2v) is 8.55. The zero-order valence-corrected chi connectivity index (χ0v) is 19.2. The molecule has 0 radical (unpaired) electrons. The lowest BCUT2D eigenvalue weighted by molar-refractivity contribution is -0.134. The Morgan fingerprint density at radius 2 is 1.97 bits per heavy atom. The number of nitrogen functional groups attached to an aromatic ring is 1. The highest BCUT2D eigenvalue weighted by atomic mass is 35.5. The minimum Gasteiger partial charge on any atom is -0.383 e. The number of rotatable bonds is 6. The molecule has 2 amide bonds. The van der Waals surface area contributed by atoms with Crippen LogP contribution in [0.3, 0.4) is 0 Å². The van der Waals surface area contributed by atoms with E-state index in [0.717, 1.165) is 36.9 Å². The zero-order valence-electron chi connectivity index (χ0n) is 18.5. The van der Waals surface area contributed by atoms with Crippen LogP contribution in [0, 0.1) is 19.8 Å². The summed E-state index contributed by atoms with van der Waals surface area (Å²) in [7, 11) is 1.78. The van der Waals surface area contributed by atoms with Crippen LogP contribution in [-0.2, 0) is 18.3 Å². The van der Waals surface area contributed by atoms with Crippen molar-refractivity contribution in [1.29, 1.82) is 0 Å². The number of anilines is 1. The van der Waals surface area contributed by atoms with Gasteiger partial charge in [0.25, 0.3) is 5.91 Å². The third-order valence-electron chi connectivity index (χ3n) is 6.03. The van der Waals surface area contributed by atoms with E-state index >= 15 is 0 Å². The Labute approximate surface area is 187 Å². The van der Waals surface area contributed by atoms with Crippen molar-refractivity contribution in [3.8, 4) is 0 Å². The van der Waals surface area contributed by atoms with Crippen LogP contribution in [0.25, 0.3) is 0 Å². The molecule has 10 heteroatoms. The quantitative estimate of drug-likeness (QED) is 0.654. The van der Waals surface area contributed by atoms with Crippen molar-refractivity contribution in [2.75, 3.05) is 18.8 Å². The molecule has 3 N–H and O–H groups in total. The predicted molar refractivity (Wildman–Crippen MR) is 119 cm³/mol. The highest BCUT2D eigenvalue weighted by Gasteiger charge is 2.28. The Morgan fingerprint density at radius 3 is 2.55 bits per heavy atom. The summed E-state index contributed by atoms with van der Waals surface area (Å²) in [6, 6.07) is -0.591. The van der Waals surface area contributed by atoms with Crippen LogP contribution in [0.4, 0.5) is 5.82 Å². The number of hydrogen-bond acceptors (Lipinski definition) is 6. The first-order valence-electron chi connectivity index (χ1n) is 10.5. The van der Waals surface area contributed by atoms with Crippen molar-refractivity contribution < 1.29 is 9.59 Å². The summed E-state index contributed by atoms with van der Waals surface area (Å²) in [5.74, 6) is 1.14. The number of hydrogen-bond donors (Lipinski definition) is 2. The molecule has 1 fully saturated rings. The fraction of sp³-hybridized carbons (Fsp3) is 0.571. The van der Waals surface area contributed by atoms with Crippen LogP contribution in [-0.4, -0.2) is 55.6 Å². The van der Waals surface area contributed by atoms with Gasteiger partial charge in [-0.3, -0.25) is 14.3 Å². The number of carbonyl (C=O) groups is 2. The highest BCUT2D eigenvalue weighted by Crippen LogP contribution is 2.26. The second-order valence-electron chi connectivity index (χ2n) is 8.20. The average molecular weight is 448 g/mol. The summed E-state index contributed by atoms with van der Waals surface area (Å²) in [6.07, 6.45) is 4.97. The molecule has 0 bridgehead atoms. The molecular weight excluding hydrogens is 418 g/mol. The minimum atomic E-state index is -0.591. The van der Waals surface area contributed by atoms with Crippen LogP contribution in [0.2, 0.25) is 5.15 Å². The molecule has 3 rings (SSSR count). The van der Waals surface area contributed by atoms with Crippen LogP contribution in [0.5, 0.6) is 0 Å². The maximum Gasteiger partial charge on any atom is 0.255 e. The van der Waals surface area contributed by atoms with Crippen molar-refractivity contribution in [3.63, 3.8) is 0 Å². The van der Waals surface area contributed by atoms with Crippen LogP contribution < -0.4 is 11.1 Å². The Bertz CT molecular complexity index is 944. The summed E-state index contributed by atoms with van der Waals surface area (Å²) >= 11 is 6.23. The molecule has 9 nitrogen and oxygen atoms in total. The van der Waals surface area contributed by atoms with E-state index in [-0.39, 0.29) is 11.8 Å². The molecular formula is C21H30ClN7O2. The van der Waals surface area contributed by atoms with E-state index in [1.54, 1.807) is 25.6 Å². The molecule has 31 heavy (non-hydrogen) atoms. The third kappa shape index (κ3) is 5.33. The van der Waals surface area contributed by atoms with Gasteiger partial charge < -0.3 is 16.0 Å². The molecule has 168 valence electrons. The monoisotopic (exact) mass is 447 g/mol. The van der Waals surface area contributed by atoms with Gasteiger partial charge in [0, 0.05) is 31.4 Å². The Hall–Kier alpha value is -2.68. The van der Waals surface area contributed by atoms with E-state index in [2.05, 4.69) is 20.4 Å². The largest absolute Gasteiger partial charge is 0.383 e. The number of aryl methyl sites for hydroxylation is 2. The van der Waals surface area contributed by atoms with Crippen LogP contribution >= 0.6 is 11.6 Å². The predicted octanol–water partition coefficient (Wildman–Crippen LogP) is 2.05. The third-order valence-corrected chi connectivity index (χ3v) is 6.34. The topological polar surface area (TPSA) is 119 Å². The first-order valence-corrected chi connectivity index (χ1v) is 10.9. The molecule has 1 saturated heterocycles. The number of nitrogens with two attached hydrogens (primary N) is 1. The van der Waals surface area contributed by atoms with E-state index in [1.165, 1.54) is 6.20 Å². The summed E-state index contributed by atoms with van der Waals surface area (Å²) < 4.78 is 1.63. The molecule has 2 aromatic rings. The number of piperidine rings is 1. The number of likely N-dealkylation sites (tertiary alicyclic amines) is 1. The van der Waals surface area contributed by atoms with Gasteiger partial charge in [-0.25, -0.2) is 9.97 Å². The highest BCUT2D eigenvalue weighted by molar-refractivity contribution is 6.30. The molecule has 1 atom stereocenters. The van der Waals surface area contributed by atoms with E-state index in [9.17, 15) is 9.59 Å². The van der Waals surface area contributed by atoms with E-state index in [0.29, 0.717) is 41.4 Å². The van der Waals surface area contributed by atoms with E-state index < -0.39 is 6.04 Å². The fourth-order valence-electron chi connectivity index (χ4n) is 3.94. The van der Waals surface area contributed by atoms with Gasteiger partial charge in [0.1, 0.15) is 22.8 Å². The summed E-state index contributed by atoms with van der Waals surface area (Å²) in [5, 5.41) is 7.30. The van der Waals surface area contributed by atoms with Crippen molar-refractivity contribution in [3.05, 3.63) is 34.0 Å². The number of halogens is 1. The molecule has 0 aliphatic carbocycles. The fourth-order valence-corrected chi connectivity index (χ4v) is 4.25. The Kier molecular flexibility index (Phi) is 7.15. The zero-order chi connectivity index (χ0) is 22.7. The van der Waals surface area contributed by atoms with Gasteiger partial charge in [-0.05, 0) is 52.4 Å². The molecule has 1 aliphatic heterocycles. The van der Waals surface area contributed by atoms with Crippen LogP contribution in [0.15, 0.2) is 6.20 Å².